The van der Waals surface area contributed by atoms with Crippen molar-refractivity contribution >= 4 is 28.5 Å². The zero-order valence-corrected chi connectivity index (χ0v) is 12.0. The van der Waals surface area contributed by atoms with Crippen LogP contribution in [0.2, 0.25) is 5.02 Å². The average molecular weight is 300 g/mol. The first-order valence-electron chi connectivity index (χ1n) is 6.58. The molecule has 0 aliphatic rings. The van der Waals surface area contributed by atoms with Crippen molar-refractivity contribution in [2.24, 2.45) is 0 Å². The summed E-state index contributed by atoms with van der Waals surface area (Å²) in [6, 6.07) is 16.9. The van der Waals surface area contributed by atoms with Crippen LogP contribution in [-0.4, -0.2) is 10.7 Å². The van der Waals surface area contributed by atoms with Gasteiger partial charge < -0.3 is 5.32 Å². The molecule has 0 atom stereocenters. The van der Waals surface area contributed by atoms with Crippen LogP contribution in [-0.2, 0) is 6.54 Å². The highest BCUT2D eigenvalue weighted by molar-refractivity contribution is 6.31. The number of urea groups is 1. The fraction of sp³-hybridized carbons (Fsp3) is 0.0625. The van der Waals surface area contributed by atoms with Crippen molar-refractivity contribution in [3.8, 4) is 0 Å². The Morgan fingerprint density at radius 3 is 2.71 bits per heavy atom. The monoisotopic (exact) mass is 299 g/mol. The first-order valence-corrected chi connectivity index (χ1v) is 6.95. The van der Waals surface area contributed by atoms with Gasteiger partial charge in [-0.3, -0.25) is 4.68 Å². The van der Waals surface area contributed by atoms with Gasteiger partial charge in [-0.05, 0) is 29.8 Å². The molecule has 4 nitrogen and oxygen atoms in total. The third kappa shape index (κ3) is 3.17. The van der Waals surface area contributed by atoms with E-state index in [1.54, 1.807) is 16.9 Å². The van der Waals surface area contributed by atoms with Crippen LogP contribution in [0.4, 0.5) is 4.79 Å². The van der Waals surface area contributed by atoms with Crippen molar-refractivity contribution in [2.45, 2.75) is 6.54 Å². The molecule has 0 bridgehead atoms. The van der Waals surface area contributed by atoms with Gasteiger partial charge in [0.2, 0.25) is 0 Å². The molecule has 0 saturated carbocycles. The third-order valence-electron chi connectivity index (χ3n) is 3.17. The van der Waals surface area contributed by atoms with Gasteiger partial charge in [-0.1, -0.05) is 41.9 Å². The summed E-state index contributed by atoms with van der Waals surface area (Å²) >= 11 is 5.94. The number of hydrogen-bond donors (Lipinski definition) is 2. The lowest BCUT2D eigenvalue weighted by atomic mass is 10.2. The van der Waals surface area contributed by atoms with E-state index in [0.717, 1.165) is 16.5 Å². The Labute approximate surface area is 127 Å². The quantitative estimate of drug-likeness (QED) is 0.760. The number of hydrogen-bond acceptors (Lipinski definition) is 1. The summed E-state index contributed by atoms with van der Waals surface area (Å²) in [6.45, 7) is 0.484. The van der Waals surface area contributed by atoms with Crippen LogP contribution in [0.15, 0.2) is 60.8 Å². The minimum atomic E-state index is -0.258. The molecule has 0 fully saturated rings. The Balaban J connectivity index is 1.66. The third-order valence-corrected chi connectivity index (χ3v) is 3.41. The molecule has 0 unspecified atom stereocenters. The standard InChI is InChI=1S/C16H14ClN3O/c17-14-6-7-15-13(10-14)8-9-20(15)19-16(21)18-11-12-4-2-1-3-5-12/h1-10H,11H2,(H2,18,19,21). The number of amides is 2. The van der Waals surface area contributed by atoms with Gasteiger partial charge in [0.05, 0.1) is 5.52 Å². The van der Waals surface area contributed by atoms with E-state index in [2.05, 4.69) is 10.7 Å². The van der Waals surface area contributed by atoms with Crippen LogP contribution in [0, 0.1) is 0 Å². The van der Waals surface area contributed by atoms with E-state index in [9.17, 15) is 4.79 Å². The molecule has 0 saturated heterocycles. The number of fused-ring (bicyclic) bond motifs is 1. The Kier molecular flexibility index (Phi) is 3.79. The fourth-order valence-corrected chi connectivity index (χ4v) is 2.32. The number of benzene rings is 2. The minimum Gasteiger partial charge on any atom is -0.333 e. The van der Waals surface area contributed by atoms with Crippen molar-refractivity contribution in [2.75, 3.05) is 5.43 Å². The van der Waals surface area contributed by atoms with Gasteiger partial charge in [-0.25, -0.2) is 10.2 Å². The van der Waals surface area contributed by atoms with Gasteiger partial charge in [0.25, 0.3) is 0 Å². The molecule has 3 aromatic rings. The minimum absolute atomic E-state index is 0.258. The first-order chi connectivity index (χ1) is 10.2. The Morgan fingerprint density at radius 2 is 1.90 bits per heavy atom. The molecule has 0 spiro atoms. The average Bonchev–Trinajstić information content (AvgIpc) is 2.88. The summed E-state index contributed by atoms with van der Waals surface area (Å²) in [5.41, 5.74) is 4.73. The van der Waals surface area contributed by atoms with E-state index in [-0.39, 0.29) is 6.03 Å². The molecule has 21 heavy (non-hydrogen) atoms. The number of nitrogens with one attached hydrogen (secondary N) is 2. The fourth-order valence-electron chi connectivity index (χ4n) is 2.14. The lowest BCUT2D eigenvalue weighted by Crippen LogP contribution is -2.33. The van der Waals surface area contributed by atoms with Crippen molar-refractivity contribution in [3.63, 3.8) is 0 Å². The molecule has 2 amide bonds. The van der Waals surface area contributed by atoms with Crippen LogP contribution in [0.1, 0.15) is 5.56 Å². The number of rotatable bonds is 3. The summed E-state index contributed by atoms with van der Waals surface area (Å²) in [5.74, 6) is 0. The van der Waals surface area contributed by atoms with Gasteiger partial charge in [0.1, 0.15) is 0 Å². The number of halogens is 1. The Morgan fingerprint density at radius 1 is 1.10 bits per heavy atom. The lowest BCUT2D eigenvalue weighted by Gasteiger charge is -2.09. The largest absolute Gasteiger partial charge is 0.334 e. The Bertz CT molecular complexity index is 768. The molecule has 5 heteroatoms. The van der Waals surface area contributed by atoms with E-state index >= 15 is 0 Å². The zero-order valence-electron chi connectivity index (χ0n) is 11.2. The van der Waals surface area contributed by atoms with Crippen LogP contribution in [0.3, 0.4) is 0 Å². The molecule has 2 N–H and O–H groups in total. The highest BCUT2D eigenvalue weighted by Gasteiger charge is 2.05. The maximum Gasteiger partial charge on any atom is 0.334 e. The van der Waals surface area contributed by atoms with E-state index in [1.807, 2.05) is 48.5 Å². The normalized spacial score (nSPS) is 10.5. The summed E-state index contributed by atoms with van der Waals surface area (Å²) in [6.07, 6.45) is 1.79. The second kappa shape index (κ2) is 5.89. The van der Waals surface area contributed by atoms with Crippen molar-refractivity contribution in [3.05, 3.63) is 71.4 Å². The molecule has 106 valence electrons. The van der Waals surface area contributed by atoms with E-state index < -0.39 is 0 Å². The van der Waals surface area contributed by atoms with E-state index in [1.165, 1.54) is 0 Å². The molecule has 1 heterocycles. The number of nitrogens with zero attached hydrogens (tertiary/aromatic N) is 1. The maximum atomic E-state index is 11.9. The van der Waals surface area contributed by atoms with Crippen molar-refractivity contribution < 1.29 is 4.79 Å². The Hall–Kier alpha value is -2.46. The summed E-state index contributed by atoms with van der Waals surface area (Å²) < 4.78 is 1.67. The molecule has 1 aromatic heterocycles. The lowest BCUT2D eigenvalue weighted by molar-refractivity contribution is 0.249. The van der Waals surface area contributed by atoms with Gasteiger partial charge >= 0.3 is 6.03 Å². The first kappa shape index (κ1) is 13.5. The van der Waals surface area contributed by atoms with E-state index in [0.29, 0.717) is 11.6 Å². The zero-order chi connectivity index (χ0) is 14.7. The van der Waals surface area contributed by atoms with Crippen LogP contribution in [0.5, 0.6) is 0 Å². The highest BCUT2D eigenvalue weighted by atomic mass is 35.5. The van der Waals surface area contributed by atoms with Gasteiger partial charge in [-0.2, -0.15) is 0 Å². The summed E-state index contributed by atoms with van der Waals surface area (Å²) in [5, 5.41) is 4.47. The van der Waals surface area contributed by atoms with Crippen LogP contribution < -0.4 is 10.7 Å². The smallest absolute Gasteiger partial charge is 0.333 e. The second-order valence-electron chi connectivity index (χ2n) is 4.67. The van der Waals surface area contributed by atoms with Crippen LogP contribution in [0.25, 0.3) is 10.9 Å². The molecule has 0 radical (unpaired) electrons. The highest BCUT2D eigenvalue weighted by Crippen LogP contribution is 2.19. The predicted octanol–water partition coefficient (Wildman–Crippen LogP) is 3.75. The van der Waals surface area contributed by atoms with Crippen LogP contribution >= 0.6 is 11.6 Å². The van der Waals surface area contributed by atoms with E-state index in [4.69, 9.17) is 11.6 Å². The molecule has 2 aromatic carbocycles. The number of aromatic nitrogens is 1. The second-order valence-corrected chi connectivity index (χ2v) is 5.11. The van der Waals surface area contributed by atoms with Gasteiger partial charge in [-0.15, -0.1) is 0 Å². The molecule has 3 rings (SSSR count). The van der Waals surface area contributed by atoms with Crippen molar-refractivity contribution in [1.82, 2.24) is 9.99 Å². The maximum absolute atomic E-state index is 11.9. The van der Waals surface area contributed by atoms with Gasteiger partial charge in [0, 0.05) is 23.2 Å². The topological polar surface area (TPSA) is 46.1 Å². The molecule has 0 aliphatic carbocycles. The molecular formula is C16H14ClN3O. The van der Waals surface area contributed by atoms with Crippen molar-refractivity contribution in [1.29, 1.82) is 0 Å². The molecule has 0 aliphatic heterocycles. The number of carbonyl (C=O) groups excluding carboxylic acids is 1. The van der Waals surface area contributed by atoms with Gasteiger partial charge in [0.15, 0.2) is 0 Å². The predicted molar refractivity (Wildman–Crippen MR) is 85.0 cm³/mol. The number of carbonyl (C=O) groups is 1. The summed E-state index contributed by atoms with van der Waals surface area (Å²) in [4.78, 5) is 11.9. The molecular weight excluding hydrogens is 286 g/mol. The SMILES string of the molecule is O=C(NCc1ccccc1)Nn1ccc2cc(Cl)ccc21. The summed E-state index contributed by atoms with van der Waals surface area (Å²) in [7, 11) is 0.